The van der Waals surface area contributed by atoms with Gasteiger partial charge in [-0.2, -0.15) is 0 Å². The Hall–Kier alpha value is -3.06. The summed E-state index contributed by atoms with van der Waals surface area (Å²) in [4.78, 5) is 24.9. The highest BCUT2D eigenvalue weighted by molar-refractivity contribution is 9.10. The SMILES string of the molecule is COc1cccc(NC(=O)c2ccccc2NC(=O)c2coc(Br)c2)c1. The maximum atomic E-state index is 12.6. The van der Waals surface area contributed by atoms with Crippen LogP contribution >= 0.6 is 15.9 Å². The fourth-order valence-corrected chi connectivity index (χ4v) is 2.65. The summed E-state index contributed by atoms with van der Waals surface area (Å²) in [6.45, 7) is 0. The third-order valence-electron chi connectivity index (χ3n) is 3.58. The summed E-state index contributed by atoms with van der Waals surface area (Å²) in [5, 5.41) is 5.52. The van der Waals surface area contributed by atoms with Gasteiger partial charge in [0.15, 0.2) is 4.67 Å². The predicted molar refractivity (Wildman–Crippen MR) is 102 cm³/mol. The number of carbonyl (C=O) groups is 2. The summed E-state index contributed by atoms with van der Waals surface area (Å²) in [6.07, 6.45) is 1.33. The summed E-state index contributed by atoms with van der Waals surface area (Å²) in [5.74, 6) is -0.0847. The van der Waals surface area contributed by atoms with E-state index in [1.807, 2.05) is 0 Å². The Morgan fingerprint density at radius 1 is 1.00 bits per heavy atom. The van der Waals surface area contributed by atoms with Gasteiger partial charge in [-0.25, -0.2) is 0 Å². The third-order valence-corrected chi connectivity index (χ3v) is 3.99. The first-order chi connectivity index (χ1) is 12.6. The average molecular weight is 415 g/mol. The zero-order chi connectivity index (χ0) is 18.5. The van der Waals surface area contributed by atoms with E-state index >= 15 is 0 Å². The first-order valence-corrected chi connectivity index (χ1v) is 8.46. The maximum absolute atomic E-state index is 12.6. The van der Waals surface area contributed by atoms with Crippen LogP contribution in [-0.4, -0.2) is 18.9 Å². The Labute approximate surface area is 158 Å². The fraction of sp³-hybridized carbons (Fsp3) is 0.0526. The molecule has 0 saturated heterocycles. The van der Waals surface area contributed by atoms with Gasteiger partial charge in [0, 0.05) is 17.8 Å². The quantitative estimate of drug-likeness (QED) is 0.641. The van der Waals surface area contributed by atoms with Crippen molar-refractivity contribution in [3.8, 4) is 5.75 Å². The van der Waals surface area contributed by atoms with Gasteiger partial charge in [-0.3, -0.25) is 9.59 Å². The Kier molecular flexibility index (Phi) is 5.38. The number of rotatable bonds is 5. The lowest BCUT2D eigenvalue weighted by Crippen LogP contribution is -2.18. The van der Waals surface area contributed by atoms with Crippen LogP contribution in [-0.2, 0) is 0 Å². The molecule has 0 atom stereocenters. The zero-order valence-electron chi connectivity index (χ0n) is 13.8. The van der Waals surface area contributed by atoms with Crippen LogP contribution in [0.25, 0.3) is 0 Å². The van der Waals surface area contributed by atoms with Crippen molar-refractivity contribution in [3.63, 3.8) is 0 Å². The highest BCUT2D eigenvalue weighted by Gasteiger charge is 2.15. The summed E-state index contributed by atoms with van der Waals surface area (Å²) in [7, 11) is 1.56. The Balaban J connectivity index is 1.79. The minimum atomic E-state index is -0.374. The molecule has 0 fully saturated rings. The number of furan rings is 1. The molecule has 7 heteroatoms. The van der Waals surface area contributed by atoms with Crippen LogP contribution in [0, 0.1) is 0 Å². The number of anilines is 2. The van der Waals surface area contributed by atoms with E-state index < -0.39 is 0 Å². The number of hydrogen-bond acceptors (Lipinski definition) is 4. The molecule has 1 aromatic heterocycles. The van der Waals surface area contributed by atoms with E-state index in [2.05, 4.69) is 26.6 Å². The van der Waals surface area contributed by atoms with Crippen LogP contribution in [0.4, 0.5) is 11.4 Å². The van der Waals surface area contributed by atoms with Crippen molar-refractivity contribution in [3.05, 3.63) is 76.7 Å². The molecule has 2 N–H and O–H groups in total. The van der Waals surface area contributed by atoms with E-state index in [0.29, 0.717) is 32.9 Å². The van der Waals surface area contributed by atoms with Crippen molar-refractivity contribution in [1.29, 1.82) is 0 Å². The molecule has 0 bridgehead atoms. The second-order valence-electron chi connectivity index (χ2n) is 5.33. The number of carbonyl (C=O) groups excluding carboxylic acids is 2. The first kappa shape index (κ1) is 17.8. The lowest BCUT2D eigenvalue weighted by molar-refractivity contribution is 0.102. The Bertz CT molecular complexity index is 952. The second kappa shape index (κ2) is 7.88. The van der Waals surface area contributed by atoms with Gasteiger partial charge in [0.2, 0.25) is 0 Å². The van der Waals surface area contributed by atoms with Crippen LogP contribution in [0.1, 0.15) is 20.7 Å². The van der Waals surface area contributed by atoms with Crippen LogP contribution < -0.4 is 15.4 Å². The molecule has 0 aliphatic rings. The zero-order valence-corrected chi connectivity index (χ0v) is 15.4. The molecule has 2 aromatic carbocycles. The highest BCUT2D eigenvalue weighted by Crippen LogP contribution is 2.22. The van der Waals surface area contributed by atoms with Crippen LogP contribution in [0.2, 0.25) is 0 Å². The van der Waals surface area contributed by atoms with Crippen molar-refractivity contribution in [1.82, 2.24) is 0 Å². The van der Waals surface area contributed by atoms with E-state index in [1.165, 1.54) is 6.26 Å². The number of nitrogens with one attached hydrogen (secondary N) is 2. The average Bonchev–Trinajstić information content (AvgIpc) is 3.09. The van der Waals surface area contributed by atoms with Crippen molar-refractivity contribution < 1.29 is 18.7 Å². The van der Waals surface area contributed by atoms with Gasteiger partial charge in [0.05, 0.1) is 23.9 Å². The molecule has 6 nitrogen and oxygen atoms in total. The molecular weight excluding hydrogens is 400 g/mol. The summed E-state index contributed by atoms with van der Waals surface area (Å²) >= 11 is 3.15. The molecular formula is C19H15BrN2O4. The molecule has 0 spiro atoms. The van der Waals surface area contributed by atoms with Gasteiger partial charge in [0.1, 0.15) is 12.0 Å². The number of hydrogen-bond donors (Lipinski definition) is 2. The molecule has 0 unspecified atom stereocenters. The molecule has 132 valence electrons. The molecule has 3 aromatic rings. The number of ether oxygens (including phenoxy) is 1. The molecule has 0 aliphatic heterocycles. The van der Waals surface area contributed by atoms with E-state index in [9.17, 15) is 9.59 Å². The van der Waals surface area contributed by atoms with Gasteiger partial charge in [-0.15, -0.1) is 0 Å². The highest BCUT2D eigenvalue weighted by atomic mass is 79.9. The predicted octanol–water partition coefficient (Wildman–Crippen LogP) is 4.56. The van der Waals surface area contributed by atoms with Crippen LogP contribution in [0.5, 0.6) is 5.75 Å². The summed E-state index contributed by atoms with van der Waals surface area (Å²) in [5.41, 5.74) is 1.68. The largest absolute Gasteiger partial charge is 0.497 e. The molecule has 0 radical (unpaired) electrons. The number of benzene rings is 2. The van der Waals surface area contributed by atoms with Gasteiger partial charge in [-0.05, 0) is 40.2 Å². The number of amides is 2. The molecule has 1 heterocycles. The topological polar surface area (TPSA) is 80.6 Å². The molecule has 26 heavy (non-hydrogen) atoms. The first-order valence-electron chi connectivity index (χ1n) is 7.66. The normalized spacial score (nSPS) is 10.2. The van der Waals surface area contributed by atoms with E-state index in [0.717, 1.165) is 0 Å². The smallest absolute Gasteiger partial charge is 0.258 e. The second-order valence-corrected chi connectivity index (χ2v) is 6.11. The van der Waals surface area contributed by atoms with Crippen molar-refractivity contribution in [2.75, 3.05) is 17.7 Å². The van der Waals surface area contributed by atoms with Crippen molar-refractivity contribution in [2.45, 2.75) is 0 Å². The Morgan fingerprint density at radius 2 is 1.81 bits per heavy atom. The minimum absolute atomic E-state index is 0.339. The maximum Gasteiger partial charge on any atom is 0.258 e. The molecule has 0 aliphatic carbocycles. The lowest BCUT2D eigenvalue weighted by Gasteiger charge is -2.11. The third kappa shape index (κ3) is 4.12. The van der Waals surface area contributed by atoms with Crippen molar-refractivity contribution in [2.24, 2.45) is 0 Å². The fourth-order valence-electron chi connectivity index (χ4n) is 2.31. The van der Waals surface area contributed by atoms with Crippen LogP contribution in [0.3, 0.4) is 0 Å². The van der Waals surface area contributed by atoms with E-state index in [1.54, 1.807) is 61.7 Å². The van der Waals surface area contributed by atoms with Crippen molar-refractivity contribution >= 4 is 39.1 Å². The van der Waals surface area contributed by atoms with Gasteiger partial charge >= 0.3 is 0 Å². The van der Waals surface area contributed by atoms with E-state index in [4.69, 9.17) is 9.15 Å². The van der Waals surface area contributed by atoms with Gasteiger partial charge < -0.3 is 19.8 Å². The number of halogens is 1. The molecule has 0 saturated carbocycles. The lowest BCUT2D eigenvalue weighted by atomic mass is 10.1. The number of para-hydroxylation sites is 1. The minimum Gasteiger partial charge on any atom is -0.497 e. The van der Waals surface area contributed by atoms with Crippen LogP contribution in [0.15, 0.2) is 69.9 Å². The van der Waals surface area contributed by atoms with Gasteiger partial charge in [-0.1, -0.05) is 18.2 Å². The summed E-state index contributed by atoms with van der Waals surface area (Å²) in [6, 6.07) is 15.3. The summed E-state index contributed by atoms with van der Waals surface area (Å²) < 4.78 is 10.7. The van der Waals surface area contributed by atoms with E-state index in [-0.39, 0.29) is 11.8 Å². The monoisotopic (exact) mass is 414 g/mol. The number of methoxy groups -OCH3 is 1. The molecule has 2 amide bonds. The molecule has 3 rings (SSSR count). The van der Waals surface area contributed by atoms with Gasteiger partial charge in [0.25, 0.3) is 11.8 Å². The Morgan fingerprint density at radius 3 is 2.54 bits per heavy atom. The standard InChI is InChI=1S/C19H15BrN2O4/c1-25-14-6-4-5-13(10-14)21-19(24)15-7-2-3-8-16(15)22-18(23)12-9-17(20)26-11-12/h2-11H,1H3,(H,21,24)(H,22,23).